The number of nitrogens with zero attached hydrogens (tertiary/aromatic N) is 2. The largest absolute Gasteiger partial charge is 0.376 e. The molecule has 1 heterocycles. The maximum Gasteiger partial charge on any atom is 0.205 e. The van der Waals surface area contributed by atoms with Gasteiger partial charge in [0.05, 0.1) is 12.7 Å². The van der Waals surface area contributed by atoms with E-state index in [0.29, 0.717) is 6.10 Å². The van der Waals surface area contributed by atoms with E-state index in [1.807, 2.05) is 6.92 Å². The predicted molar refractivity (Wildman–Crippen MR) is 61.3 cm³/mol. The van der Waals surface area contributed by atoms with Crippen molar-refractivity contribution >= 4 is 16.5 Å². The van der Waals surface area contributed by atoms with Crippen molar-refractivity contribution in [1.29, 1.82) is 0 Å². The summed E-state index contributed by atoms with van der Waals surface area (Å²) < 4.78 is 5.73. The molecule has 0 saturated heterocycles. The van der Waals surface area contributed by atoms with Crippen LogP contribution in [0.25, 0.3) is 0 Å². The molecule has 0 radical (unpaired) electrons. The van der Waals surface area contributed by atoms with Gasteiger partial charge in [-0.15, -0.1) is 10.2 Å². The van der Waals surface area contributed by atoms with Crippen LogP contribution in [0.2, 0.25) is 0 Å². The first-order chi connectivity index (χ1) is 7.34. The Balaban J connectivity index is 1.58. The van der Waals surface area contributed by atoms with Gasteiger partial charge >= 0.3 is 0 Å². The van der Waals surface area contributed by atoms with Crippen molar-refractivity contribution in [2.45, 2.75) is 38.7 Å². The summed E-state index contributed by atoms with van der Waals surface area (Å²) >= 11 is 1.58. The van der Waals surface area contributed by atoms with Gasteiger partial charge in [-0.05, 0) is 19.8 Å². The van der Waals surface area contributed by atoms with Crippen LogP contribution in [0, 0.1) is 6.92 Å². The van der Waals surface area contributed by atoms with Gasteiger partial charge in [-0.2, -0.15) is 0 Å². The van der Waals surface area contributed by atoms with Crippen molar-refractivity contribution < 1.29 is 4.74 Å². The van der Waals surface area contributed by atoms with Crippen LogP contribution in [0.4, 0.5) is 5.13 Å². The van der Waals surface area contributed by atoms with Crippen LogP contribution in [-0.2, 0) is 4.74 Å². The molecular weight excluding hydrogens is 210 g/mol. The van der Waals surface area contributed by atoms with Gasteiger partial charge in [0.1, 0.15) is 5.01 Å². The predicted octanol–water partition coefficient (Wildman–Crippen LogP) is 2.22. The average molecular weight is 227 g/mol. The second-order valence-corrected chi connectivity index (χ2v) is 5.01. The van der Waals surface area contributed by atoms with Crippen LogP contribution >= 0.6 is 11.3 Å². The molecule has 1 aliphatic rings. The van der Waals surface area contributed by atoms with Crippen LogP contribution in [0.5, 0.6) is 0 Å². The standard InChI is InChI=1S/C10H17N3OS/c1-8-12-13-10(15-8)11-6-7-14-9-4-2-3-5-9/h9H,2-7H2,1H3,(H,11,13). The molecule has 0 aromatic carbocycles. The van der Waals surface area contributed by atoms with Crippen LogP contribution < -0.4 is 5.32 Å². The molecular formula is C10H17N3OS. The van der Waals surface area contributed by atoms with Crippen LogP contribution in [0.3, 0.4) is 0 Å². The van der Waals surface area contributed by atoms with E-state index < -0.39 is 0 Å². The number of hydrogen-bond acceptors (Lipinski definition) is 5. The Morgan fingerprint density at radius 3 is 2.87 bits per heavy atom. The summed E-state index contributed by atoms with van der Waals surface area (Å²) in [5, 5.41) is 13.0. The van der Waals surface area contributed by atoms with Gasteiger partial charge in [0.2, 0.25) is 5.13 Å². The molecule has 0 aliphatic heterocycles. The summed E-state index contributed by atoms with van der Waals surface area (Å²) in [6.07, 6.45) is 5.62. The number of ether oxygens (including phenoxy) is 1. The topological polar surface area (TPSA) is 47.0 Å². The highest BCUT2D eigenvalue weighted by atomic mass is 32.1. The molecule has 1 N–H and O–H groups in total. The molecule has 1 saturated carbocycles. The molecule has 0 atom stereocenters. The van der Waals surface area contributed by atoms with Crippen LogP contribution in [0.15, 0.2) is 0 Å². The van der Waals surface area contributed by atoms with E-state index in [-0.39, 0.29) is 0 Å². The fraction of sp³-hybridized carbons (Fsp3) is 0.800. The Labute approximate surface area is 94.1 Å². The quantitative estimate of drug-likeness (QED) is 0.783. The zero-order valence-corrected chi connectivity index (χ0v) is 9.85. The molecule has 0 unspecified atom stereocenters. The highest BCUT2D eigenvalue weighted by Crippen LogP contribution is 2.20. The highest BCUT2D eigenvalue weighted by Gasteiger charge is 2.14. The maximum atomic E-state index is 5.73. The van der Waals surface area contributed by atoms with Gasteiger partial charge < -0.3 is 10.1 Å². The molecule has 84 valence electrons. The number of aromatic nitrogens is 2. The first kappa shape index (κ1) is 10.8. The van der Waals surface area contributed by atoms with Crippen molar-refractivity contribution in [2.75, 3.05) is 18.5 Å². The number of nitrogens with one attached hydrogen (secondary N) is 1. The molecule has 1 fully saturated rings. The molecule has 5 heteroatoms. The summed E-state index contributed by atoms with van der Waals surface area (Å²) in [6.45, 7) is 3.55. The third-order valence-electron chi connectivity index (χ3n) is 2.56. The zero-order valence-electron chi connectivity index (χ0n) is 9.03. The van der Waals surface area contributed by atoms with E-state index >= 15 is 0 Å². The van der Waals surface area contributed by atoms with Crippen molar-refractivity contribution in [3.8, 4) is 0 Å². The van der Waals surface area contributed by atoms with E-state index in [9.17, 15) is 0 Å². The van der Waals surface area contributed by atoms with E-state index in [0.717, 1.165) is 23.3 Å². The average Bonchev–Trinajstić information content (AvgIpc) is 2.84. The van der Waals surface area contributed by atoms with Crippen LogP contribution in [0.1, 0.15) is 30.7 Å². The van der Waals surface area contributed by atoms with E-state index in [4.69, 9.17) is 4.74 Å². The summed E-state index contributed by atoms with van der Waals surface area (Å²) in [4.78, 5) is 0. The highest BCUT2D eigenvalue weighted by molar-refractivity contribution is 7.15. The van der Waals surface area contributed by atoms with Crippen LogP contribution in [-0.4, -0.2) is 29.5 Å². The summed E-state index contributed by atoms with van der Waals surface area (Å²) in [7, 11) is 0. The lowest BCUT2D eigenvalue weighted by atomic mass is 10.3. The smallest absolute Gasteiger partial charge is 0.205 e. The van der Waals surface area contributed by atoms with E-state index in [1.165, 1.54) is 25.7 Å². The minimum Gasteiger partial charge on any atom is -0.376 e. The lowest BCUT2D eigenvalue weighted by molar-refractivity contribution is 0.0659. The lowest BCUT2D eigenvalue weighted by Crippen LogP contribution is -2.15. The third kappa shape index (κ3) is 3.43. The first-order valence-corrected chi connectivity index (χ1v) is 6.32. The van der Waals surface area contributed by atoms with Gasteiger partial charge in [0.15, 0.2) is 0 Å². The van der Waals surface area contributed by atoms with Crippen molar-refractivity contribution in [3.63, 3.8) is 0 Å². The fourth-order valence-corrected chi connectivity index (χ4v) is 2.42. The summed E-state index contributed by atoms with van der Waals surface area (Å²) in [5.41, 5.74) is 0. The number of anilines is 1. The van der Waals surface area contributed by atoms with E-state index in [2.05, 4.69) is 15.5 Å². The zero-order chi connectivity index (χ0) is 10.5. The number of aryl methyl sites for hydroxylation is 1. The first-order valence-electron chi connectivity index (χ1n) is 5.50. The molecule has 1 aromatic rings. The maximum absolute atomic E-state index is 5.73. The minimum atomic E-state index is 0.503. The summed E-state index contributed by atoms with van der Waals surface area (Å²) in [5.74, 6) is 0. The monoisotopic (exact) mass is 227 g/mol. The molecule has 1 aliphatic carbocycles. The molecule has 0 bridgehead atoms. The van der Waals surface area contributed by atoms with Crippen molar-refractivity contribution in [2.24, 2.45) is 0 Å². The Bertz CT molecular complexity index is 297. The Hall–Kier alpha value is -0.680. The van der Waals surface area contributed by atoms with Gasteiger partial charge in [-0.25, -0.2) is 0 Å². The van der Waals surface area contributed by atoms with Crippen molar-refractivity contribution in [3.05, 3.63) is 5.01 Å². The molecule has 2 rings (SSSR count). The van der Waals surface area contributed by atoms with Gasteiger partial charge in [0, 0.05) is 6.54 Å². The Morgan fingerprint density at radius 1 is 1.40 bits per heavy atom. The molecule has 1 aromatic heterocycles. The second-order valence-electron chi connectivity index (χ2n) is 3.83. The normalized spacial score (nSPS) is 17.1. The number of rotatable bonds is 5. The van der Waals surface area contributed by atoms with Gasteiger partial charge in [0.25, 0.3) is 0 Å². The summed E-state index contributed by atoms with van der Waals surface area (Å²) in [6, 6.07) is 0. The Morgan fingerprint density at radius 2 is 2.20 bits per heavy atom. The minimum absolute atomic E-state index is 0.503. The van der Waals surface area contributed by atoms with Gasteiger partial charge in [-0.1, -0.05) is 24.2 Å². The Kier molecular flexibility index (Phi) is 3.91. The SMILES string of the molecule is Cc1nnc(NCCOC2CCCC2)s1. The van der Waals surface area contributed by atoms with Crippen molar-refractivity contribution in [1.82, 2.24) is 10.2 Å². The lowest BCUT2D eigenvalue weighted by Gasteiger charge is -2.10. The fourth-order valence-electron chi connectivity index (χ4n) is 1.81. The molecule has 0 spiro atoms. The number of hydrogen-bond donors (Lipinski definition) is 1. The molecule has 15 heavy (non-hydrogen) atoms. The molecule has 4 nitrogen and oxygen atoms in total. The third-order valence-corrected chi connectivity index (χ3v) is 3.36. The molecule has 0 amide bonds. The second kappa shape index (κ2) is 5.42. The van der Waals surface area contributed by atoms with Gasteiger partial charge in [-0.3, -0.25) is 0 Å². The van der Waals surface area contributed by atoms with E-state index in [1.54, 1.807) is 11.3 Å².